The van der Waals surface area contributed by atoms with Gasteiger partial charge in [0.05, 0.1) is 11.0 Å². The fraction of sp³-hybridized carbons (Fsp3) is 0.231. The third-order valence-electron chi connectivity index (χ3n) is 2.67. The predicted octanol–water partition coefficient (Wildman–Crippen LogP) is 4.05. The first kappa shape index (κ1) is 15.0. The number of aliphatic hydroxyl groups is 1. The van der Waals surface area contributed by atoms with Crippen molar-refractivity contribution < 1.29 is 14.8 Å². The van der Waals surface area contributed by atoms with Crippen molar-refractivity contribution in [1.82, 2.24) is 0 Å². The van der Waals surface area contributed by atoms with Gasteiger partial charge in [-0.2, -0.15) is 11.3 Å². The summed E-state index contributed by atoms with van der Waals surface area (Å²) >= 11 is 4.73. The largest absolute Gasteiger partial charge is 0.482 e. The zero-order chi connectivity index (χ0) is 14.7. The minimum Gasteiger partial charge on any atom is -0.482 e. The van der Waals surface area contributed by atoms with Gasteiger partial charge in [-0.1, -0.05) is 15.9 Å². The van der Waals surface area contributed by atoms with Crippen molar-refractivity contribution in [3.8, 4) is 5.75 Å². The second-order valence-electron chi connectivity index (χ2n) is 4.20. The monoisotopic (exact) mass is 357 g/mol. The van der Waals surface area contributed by atoms with Gasteiger partial charge in [-0.25, -0.2) is 0 Å². The van der Waals surface area contributed by atoms with Crippen molar-refractivity contribution in [3.05, 3.63) is 54.7 Å². The molecule has 0 radical (unpaired) electrons. The molecule has 2 rings (SSSR count). The third kappa shape index (κ3) is 3.36. The normalized spacial score (nSPS) is 12.2. The van der Waals surface area contributed by atoms with Crippen LogP contribution in [0.4, 0.5) is 5.69 Å². The molecule has 0 aliphatic heterocycles. The van der Waals surface area contributed by atoms with Crippen LogP contribution in [0.25, 0.3) is 0 Å². The van der Waals surface area contributed by atoms with Crippen LogP contribution < -0.4 is 4.74 Å². The van der Waals surface area contributed by atoms with E-state index in [0.29, 0.717) is 10.0 Å². The minimum absolute atomic E-state index is 0.111. The number of hydrogen-bond donors (Lipinski definition) is 1. The van der Waals surface area contributed by atoms with Crippen LogP contribution in [0.15, 0.2) is 33.4 Å². The molecule has 7 heteroatoms. The van der Waals surface area contributed by atoms with Crippen molar-refractivity contribution in [1.29, 1.82) is 0 Å². The molecule has 0 amide bonds. The van der Waals surface area contributed by atoms with E-state index in [1.54, 1.807) is 13.0 Å². The van der Waals surface area contributed by atoms with Crippen molar-refractivity contribution in [3.63, 3.8) is 0 Å². The molecule has 0 aliphatic carbocycles. The standard InChI is InChI=1S/C13H12BrNO4S/c1-8(16)11-4-10(14)5-12(15(17)18)13(11)19-6-9-2-3-20-7-9/h2-5,7-8,16H,6H2,1H3/t8-/m1/s1. The Bertz CT molecular complexity index is 613. The molecule has 0 saturated carbocycles. The zero-order valence-electron chi connectivity index (χ0n) is 10.6. The van der Waals surface area contributed by atoms with E-state index in [4.69, 9.17) is 4.74 Å². The van der Waals surface area contributed by atoms with E-state index >= 15 is 0 Å². The molecule has 0 saturated heterocycles. The molecule has 1 heterocycles. The van der Waals surface area contributed by atoms with Crippen molar-refractivity contribution in [2.45, 2.75) is 19.6 Å². The highest BCUT2D eigenvalue weighted by Crippen LogP contribution is 2.38. The van der Waals surface area contributed by atoms with Gasteiger partial charge in [0.15, 0.2) is 0 Å². The smallest absolute Gasteiger partial charge is 0.312 e. The number of thiophene rings is 1. The minimum atomic E-state index is -0.858. The van der Waals surface area contributed by atoms with E-state index < -0.39 is 11.0 Å². The number of nitro benzene ring substituents is 1. The predicted molar refractivity (Wildman–Crippen MR) is 80.1 cm³/mol. The number of ether oxygens (including phenoxy) is 1. The van der Waals surface area contributed by atoms with Crippen LogP contribution >= 0.6 is 27.3 Å². The molecule has 0 spiro atoms. The third-order valence-corrected chi connectivity index (χ3v) is 3.86. The van der Waals surface area contributed by atoms with E-state index in [1.807, 2.05) is 16.8 Å². The SMILES string of the molecule is C[C@@H](O)c1cc(Br)cc([N+](=O)[O-])c1OCc1ccsc1. The Balaban J connectivity index is 2.39. The average molecular weight is 358 g/mol. The van der Waals surface area contributed by atoms with Crippen LogP contribution in [0.2, 0.25) is 0 Å². The molecular weight excluding hydrogens is 346 g/mol. The lowest BCUT2D eigenvalue weighted by atomic mass is 10.1. The highest BCUT2D eigenvalue weighted by molar-refractivity contribution is 9.10. The summed E-state index contributed by atoms with van der Waals surface area (Å²) in [7, 11) is 0. The molecule has 1 aromatic heterocycles. The number of hydrogen-bond acceptors (Lipinski definition) is 5. The summed E-state index contributed by atoms with van der Waals surface area (Å²) in [5, 5.41) is 24.7. The first-order valence-corrected chi connectivity index (χ1v) is 7.52. The Hall–Kier alpha value is -1.44. The van der Waals surface area contributed by atoms with Crippen LogP contribution in [0.3, 0.4) is 0 Å². The average Bonchev–Trinajstić information content (AvgIpc) is 2.89. The van der Waals surface area contributed by atoms with Crippen molar-refractivity contribution in [2.75, 3.05) is 0 Å². The van der Waals surface area contributed by atoms with Gasteiger partial charge in [0.1, 0.15) is 6.61 Å². The lowest BCUT2D eigenvalue weighted by molar-refractivity contribution is -0.386. The number of nitro groups is 1. The van der Waals surface area contributed by atoms with Gasteiger partial charge >= 0.3 is 5.69 Å². The Morgan fingerprint density at radius 2 is 2.30 bits per heavy atom. The molecular formula is C13H12BrNO4S. The second-order valence-corrected chi connectivity index (χ2v) is 5.89. The molecule has 1 atom stereocenters. The lowest BCUT2D eigenvalue weighted by Gasteiger charge is -2.14. The molecule has 0 unspecified atom stereocenters. The first-order valence-electron chi connectivity index (χ1n) is 5.79. The highest BCUT2D eigenvalue weighted by Gasteiger charge is 2.23. The van der Waals surface area contributed by atoms with E-state index in [-0.39, 0.29) is 18.0 Å². The van der Waals surface area contributed by atoms with Crippen molar-refractivity contribution in [2.24, 2.45) is 0 Å². The van der Waals surface area contributed by atoms with E-state index in [1.165, 1.54) is 17.4 Å². The van der Waals surface area contributed by atoms with Crippen LogP contribution in [-0.4, -0.2) is 10.0 Å². The maximum absolute atomic E-state index is 11.1. The molecule has 1 aromatic carbocycles. The number of benzene rings is 1. The van der Waals surface area contributed by atoms with Gasteiger partial charge in [-0.15, -0.1) is 0 Å². The maximum Gasteiger partial charge on any atom is 0.312 e. The quantitative estimate of drug-likeness (QED) is 0.646. The van der Waals surface area contributed by atoms with Gasteiger partial charge in [0, 0.05) is 16.1 Å². The molecule has 2 aromatic rings. The Morgan fingerprint density at radius 1 is 1.55 bits per heavy atom. The zero-order valence-corrected chi connectivity index (χ0v) is 13.0. The van der Waals surface area contributed by atoms with Crippen LogP contribution in [-0.2, 0) is 6.61 Å². The highest BCUT2D eigenvalue weighted by atomic mass is 79.9. The Kier molecular flexibility index (Phi) is 4.74. The Morgan fingerprint density at radius 3 is 2.85 bits per heavy atom. The van der Waals surface area contributed by atoms with Gasteiger partial charge < -0.3 is 9.84 Å². The number of halogens is 1. The first-order chi connectivity index (χ1) is 9.49. The van der Waals surface area contributed by atoms with Crippen LogP contribution in [0, 0.1) is 10.1 Å². The van der Waals surface area contributed by atoms with E-state index in [0.717, 1.165) is 5.56 Å². The summed E-state index contributed by atoms with van der Waals surface area (Å²) < 4.78 is 6.10. The van der Waals surface area contributed by atoms with Crippen LogP contribution in [0.5, 0.6) is 5.75 Å². The van der Waals surface area contributed by atoms with Crippen molar-refractivity contribution >= 4 is 33.0 Å². The van der Waals surface area contributed by atoms with Gasteiger partial charge in [0.2, 0.25) is 5.75 Å². The molecule has 1 N–H and O–H groups in total. The molecule has 0 aliphatic rings. The van der Waals surface area contributed by atoms with Gasteiger partial charge in [0.25, 0.3) is 0 Å². The summed E-state index contributed by atoms with van der Waals surface area (Å²) in [6, 6.07) is 4.88. The molecule has 5 nitrogen and oxygen atoms in total. The summed E-state index contributed by atoms with van der Waals surface area (Å²) in [6.07, 6.45) is -0.858. The summed E-state index contributed by atoms with van der Waals surface area (Å²) in [4.78, 5) is 10.6. The second kappa shape index (κ2) is 6.34. The lowest BCUT2D eigenvalue weighted by Crippen LogP contribution is -2.04. The Labute approximate surface area is 128 Å². The number of rotatable bonds is 5. The van der Waals surface area contributed by atoms with Gasteiger partial charge in [-0.3, -0.25) is 10.1 Å². The summed E-state index contributed by atoms with van der Waals surface area (Å²) in [5.74, 6) is 0.111. The topological polar surface area (TPSA) is 72.6 Å². The number of nitrogens with zero attached hydrogens (tertiary/aromatic N) is 1. The van der Waals surface area contributed by atoms with E-state index in [2.05, 4.69) is 15.9 Å². The van der Waals surface area contributed by atoms with Gasteiger partial charge in [-0.05, 0) is 35.4 Å². The maximum atomic E-state index is 11.1. The fourth-order valence-corrected chi connectivity index (χ4v) is 2.85. The van der Waals surface area contributed by atoms with Crippen LogP contribution in [0.1, 0.15) is 24.2 Å². The fourth-order valence-electron chi connectivity index (χ4n) is 1.73. The molecule has 20 heavy (non-hydrogen) atoms. The summed E-state index contributed by atoms with van der Waals surface area (Å²) in [6.45, 7) is 1.77. The molecule has 0 bridgehead atoms. The number of aliphatic hydroxyl groups excluding tert-OH is 1. The van der Waals surface area contributed by atoms with E-state index in [9.17, 15) is 15.2 Å². The molecule has 0 fully saturated rings. The molecule has 106 valence electrons. The summed E-state index contributed by atoms with van der Waals surface area (Å²) in [5.41, 5.74) is 1.16.